The van der Waals surface area contributed by atoms with Crippen LogP contribution >= 0.6 is 11.6 Å². The summed E-state index contributed by atoms with van der Waals surface area (Å²) in [5.41, 5.74) is 0.333. The molecule has 0 saturated carbocycles. The molecule has 1 heterocycles. The smallest absolute Gasteiger partial charge is 0.245 e. The molecule has 1 aromatic rings. The quantitative estimate of drug-likeness (QED) is 0.713. The predicted octanol–water partition coefficient (Wildman–Crippen LogP) is 2.94. The number of nitrogens with zero attached hydrogens (tertiary/aromatic N) is 2. The number of pyridine rings is 1. The van der Waals surface area contributed by atoms with Crippen LogP contribution in [-0.4, -0.2) is 4.98 Å². The molecule has 0 bridgehead atoms. The van der Waals surface area contributed by atoms with E-state index >= 15 is 0 Å². The number of hydrogen-bond donors (Lipinski definition) is 0. The Morgan fingerprint density at radius 1 is 1.64 bits per heavy atom. The third-order valence-electron chi connectivity index (χ3n) is 1.96. The lowest BCUT2D eigenvalue weighted by Crippen LogP contribution is -2.01. The van der Waals surface area contributed by atoms with Crippen molar-refractivity contribution in [3.63, 3.8) is 0 Å². The van der Waals surface area contributed by atoms with Crippen LogP contribution in [-0.2, 0) is 5.88 Å². The Hall–Kier alpha value is -1.21. The largest absolute Gasteiger partial charge is 0.266 e. The van der Waals surface area contributed by atoms with Crippen LogP contribution in [0.5, 0.6) is 0 Å². The Kier molecular flexibility index (Phi) is 3.37. The second kappa shape index (κ2) is 4.34. The second-order valence-electron chi connectivity index (χ2n) is 2.72. The van der Waals surface area contributed by atoms with Gasteiger partial charge < -0.3 is 0 Å². The molecule has 0 saturated heterocycles. The van der Waals surface area contributed by atoms with Crippen molar-refractivity contribution < 1.29 is 8.78 Å². The van der Waals surface area contributed by atoms with Crippen LogP contribution in [0.2, 0.25) is 0 Å². The summed E-state index contributed by atoms with van der Waals surface area (Å²) in [6.45, 7) is 1.52. The standard InChI is InChI=1S/C9H7ClF2N2/c1-5-6(2-10)4-14-7(3-13)8(5)9(11)12/h4,9H,2H2,1H3. The maximum atomic E-state index is 12.6. The molecule has 0 aliphatic carbocycles. The van der Waals surface area contributed by atoms with Gasteiger partial charge in [0.05, 0.1) is 5.56 Å². The number of halogens is 3. The molecular formula is C9H7ClF2N2. The highest BCUT2D eigenvalue weighted by Gasteiger charge is 2.19. The topological polar surface area (TPSA) is 36.7 Å². The molecule has 0 unspecified atom stereocenters. The van der Waals surface area contributed by atoms with E-state index in [0.717, 1.165) is 0 Å². The van der Waals surface area contributed by atoms with Crippen molar-refractivity contribution in [2.75, 3.05) is 0 Å². The Labute approximate surface area is 85.1 Å². The molecule has 1 aromatic heterocycles. The molecule has 0 amide bonds. The molecule has 14 heavy (non-hydrogen) atoms. The zero-order chi connectivity index (χ0) is 10.7. The van der Waals surface area contributed by atoms with Crippen molar-refractivity contribution in [1.82, 2.24) is 4.98 Å². The fourth-order valence-corrected chi connectivity index (χ4v) is 1.42. The molecular weight excluding hydrogens is 210 g/mol. The molecule has 2 nitrogen and oxygen atoms in total. The van der Waals surface area contributed by atoms with Crippen LogP contribution in [0.25, 0.3) is 0 Å². The molecule has 0 aliphatic heterocycles. The summed E-state index contributed by atoms with van der Waals surface area (Å²) < 4.78 is 25.1. The molecule has 0 N–H and O–H groups in total. The van der Waals surface area contributed by atoms with Crippen LogP contribution in [0.15, 0.2) is 6.20 Å². The van der Waals surface area contributed by atoms with E-state index in [0.29, 0.717) is 11.1 Å². The fourth-order valence-electron chi connectivity index (χ4n) is 1.15. The lowest BCUT2D eigenvalue weighted by atomic mass is 10.0. The summed E-state index contributed by atoms with van der Waals surface area (Å²) in [7, 11) is 0. The van der Waals surface area contributed by atoms with Gasteiger partial charge in [0.2, 0.25) is 0 Å². The van der Waals surface area contributed by atoms with Gasteiger partial charge in [-0.3, -0.25) is 0 Å². The summed E-state index contributed by atoms with van der Waals surface area (Å²) in [6, 6.07) is 1.63. The van der Waals surface area contributed by atoms with Crippen molar-refractivity contribution >= 4 is 11.6 Å². The first-order valence-electron chi connectivity index (χ1n) is 3.84. The Bertz CT molecular complexity index is 385. The van der Waals surface area contributed by atoms with Crippen molar-refractivity contribution in [3.8, 4) is 6.07 Å². The lowest BCUT2D eigenvalue weighted by Gasteiger charge is -2.09. The highest BCUT2D eigenvalue weighted by molar-refractivity contribution is 6.17. The van der Waals surface area contributed by atoms with E-state index in [2.05, 4.69) is 4.98 Å². The van der Waals surface area contributed by atoms with Gasteiger partial charge >= 0.3 is 0 Å². The maximum Gasteiger partial charge on any atom is 0.266 e. The van der Waals surface area contributed by atoms with E-state index in [4.69, 9.17) is 16.9 Å². The summed E-state index contributed by atoms with van der Waals surface area (Å²) in [5, 5.41) is 8.58. The molecule has 5 heteroatoms. The Balaban J connectivity index is 3.41. The molecule has 1 rings (SSSR count). The molecule has 74 valence electrons. The average molecular weight is 217 g/mol. The van der Waals surface area contributed by atoms with E-state index in [9.17, 15) is 8.78 Å². The molecule has 0 fully saturated rings. The van der Waals surface area contributed by atoms with Gasteiger partial charge in [0.1, 0.15) is 11.8 Å². The molecule has 0 spiro atoms. The van der Waals surface area contributed by atoms with Gasteiger partial charge in [0.15, 0.2) is 0 Å². The van der Waals surface area contributed by atoms with Crippen molar-refractivity contribution in [2.24, 2.45) is 0 Å². The van der Waals surface area contributed by atoms with E-state index in [-0.39, 0.29) is 17.1 Å². The summed E-state index contributed by atoms with van der Waals surface area (Å²) in [6.07, 6.45) is -1.34. The highest BCUT2D eigenvalue weighted by Crippen LogP contribution is 2.27. The number of rotatable bonds is 2. The van der Waals surface area contributed by atoms with Crippen LogP contribution in [0, 0.1) is 18.3 Å². The van der Waals surface area contributed by atoms with E-state index in [1.807, 2.05) is 0 Å². The van der Waals surface area contributed by atoms with Gasteiger partial charge in [0, 0.05) is 12.1 Å². The Morgan fingerprint density at radius 3 is 2.71 bits per heavy atom. The lowest BCUT2D eigenvalue weighted by molar-refractivity contribution is 0.149. The third-order valence-corrected chi connectivity index (χ3v) is 2.25. The number of alkyl halides is 3. The van der Waals surface area contributed by atoms with Gasteiger partial charge in [0.25, 0.3) is 6.43 Å². The predicted molar refractivity (Wildman–Crippen MR) is 48.2 cm³/mol. The first-order chi connectivity index (χ1) is 6.61. The third kappa shape index (κ3) is 1.83. The summed E-state index contributed by atoms with van der Waals surface area (Å²) >= 11 is 5.54. The minimum Gasteiger partial charge on any atom is -0.245 e. The van der Waals surface area contributed by atoms with Gasteiger partial charge in [-0.25, -0.2) is 13.8 Å². The normalized spacial score (nSPS) is 10.3. The van der Waals surface area contributed by atoms with Gasteiger partial charge in [-0.05, 0) is 18.1 Å². The van der Waals surface area contributed by atoms with Crippen LogP contribution in [0.1, 0.15) is 28.8 Å². The van der Waals surface area contributed by atoms with Crippen LogP contribution < -0.4 is 0 Å². The molecule has 0 aliphatic rings. The van der Waals surface area contributed by atoms with E-state index in [1.165, 1.54) is 13.1 Å². The fraction of sp³-hybridized carbons (Fsp3) is 0.333. The van der Waals surface area contributed by atoms with Crippen molar-refractivity contribution in [1.29, 1.82) is 5.26 Å². The van der Waals surface area contributed by atoms with Gasteiger partial charge in [-0.1, -0.05) is 0 Å². The zero-order valence-electron chi connectivity index (χ0n) is 7.39. The molecule has 0 atom stereocenters. The first kappa shape index (κ1) is 10.9. The monoisotopic (exact) mass is 216 g/mol. The van der Waals surface area contributed by atoms with E-state index in [1.54, 1.807) is 6.07 Å². The maximum absolute atomic E-state index is 12.6. The Morgan fingerprint density at radius 2 is 2.29 bits per heavy atom. The molecule has 0 aromatic carbocycles. The number of nitriles is 1. The van der Waals surface area contributed by atoms with Gasteiger partial charge in [-0.2, -0.15) is 5.26 Å². The zero-order valence-corrected chi connectivity index (χ0v) is 8.15. The highest BCUT2D eigenvalue weighted by atomic mass is 35.5. The SMILES string of the molecule is Cc1c(CCl)cnc(C#N)c1C(F)F. The number of hydrogen-bond acceptors (Lipinski definition) is 2. The van der Waals surface area contributed by atoms with Crippen LogP contribution in [0.3, 0.4) is 0 Å². The minimum atomic E-state index is -2.69. The van der Waals surface area contributed by atoms with Gasteiger partial charge in [-0.15, -0.1) is 11.6 Å². The van der Waals surface area contributed by atoms with E-state index < -0.39 is 6.43 Å². The van der Waals surface area contributed by atoms with Crippen LogP contribution in [0.4, 0.5) is 8.78 Å². The molecule has 0 radical (unpaired) electrons. The first-order valence-corrected chi connectivity index (χ1v) is 4.37. The number of aromatic nitrogens is 1. The summed E-state index contributed by atoms with van der Waals surface area (Å²) in [5.74, 6) is 0.115. The minimum absolute atomic E-state index is 0.115. The van der Waals surface area contributed by atoms with Crippen molar-refractivity contribution in [3.05, 3.63) is 28.6 Å². The summed E-state index contributed by atoms with van der Waals surface area (Å²) in [4.78, 5) is 3.62. The average Bonchev–Trinajstić information content (AvgIpc) is 2.16. The van der Waals surface area contributed by atoms with Crippen molar-refractivity contribution in [2.45, 2.75) is 19.2 Å². The second-order valence-corrected chi connectivity index (χ2v) is 2.98.